The van der Waals surface area contributed by atoms with Crippen molar-refractivity contribution < 1.29 is 33.4 Å². The summed E-state index contributed by atoms with van der Waals surface area (Å²) in [6, 6.07) is 6.68. The van der Waals surface area contributed by atoms with Crippen molar-refractivity contribution in [2.45, 2.75) is 31.8 Å². The predicted molar refractivity (Wildman–Crippen MR) is 94.9 cm³/mol. The van der Waals surface area contributed by atoms with E-state index in [4.69, 9.17) is 30.8 Å². The summed E-state index contributed by atoms with van der Waals surface area (Å²) >= 11 is 5.20. The van der Waals surface area contributed by atoms with E-state index >= 15 is 0 Å². The smallest absolute Gasteiger partial charge is 0.364 e. The molecule has 1 aromatic heterocycles. The number of likely N-dealkylation sites (tertiary alicyclic amines) is 1. The maximum absolute atomic E-state index is 11.9. The highest BCUT2D eigenvalue weighted by Crippen LogP contribution is 2.18. The van der Waals surface area contributed by atoms with Crippen LogP contribution in [0.25, 0.3) is 0 Å². The lowest BCUT2D eigenvalue weighted by atomic mass is 10.2. The van der Waals surface area contributed by atoms with Gasteiger partial charge in [-0.2, -0.15) is 4.68 Å². The number of hydrogen-bond acceptors (Lipinski definition) is 8. The largest absolute Gasteiger partial charge is 0.497 e. The number of carbonyl (C=O) groups excluding carboxylic acids is 1. The number of nitrogens with one attached hydrogen (secondary N) is 1. The number of esters is 1. The molecule has 0 radical (unpaired) electrons. The Morgan fingerprint density at radius 3 is 2.74 bits per heavy atom. The molecular formula is C17H22N3O6S+. The van der Waals surface area contributed by atoms with E-state index < -0.39 is 12.1 Å². The van der Waals surface area contributed by atoms with Crippen molar-refractivity contribution in [3.8, 4) is 11.5 Å². The summed E-state index contributed by atoms with van der Waals surface area (Å²) in [4.78, 5) is 12.9. The number of quaternary nitrogens is 1. The fraction of sp³-hybridized carbons (Fsp3) is 0.471. The molecule has 10 heteroatoms. The molecule has 0 spiro atoms. The molecule has 0 amide bonds. The van der Waals surface area contributed by atoms with Crippen molar-refractivity contribution in [2.24, 2.45) is 0 Å². The van der Waals surface area contributed by atoms with Crippen LogP contribution >= 0.6 is 12.2 Å². The van der Waals surface area contributed by atoms with Crippen molar-refractivity contribution in [2.75, 3.05) is 20.8 Å². The number of methoxy groups -OCH3 is 2. The molecule has 1 fully saturated rings. The molecule has 146 valence electrons. The van der Waals surface area contributed by atoms with Gasteiger partial charge in [0.1, 0.15) is 24.1 Å². The van der Waals surface area contributed by atoms with Gasteiger partial charge in [-0.3, -0.25) is 0 Å². The van der Waals surface area contributed by atoms with Crippen LogP contribution in [0.1, 0.15) is 12.3 Å². The van der Waals surface area contributed by atoms with E-state index in [1.807, 2.05) is 0 Å². The van der Waals surface area contributed by atoms with Crippen molar-refractivity contribution in [1.29, 1.82) is 0 Å². The van der Waals surface area contributed by atoms with E-state index in [0.717, 1.165) is 10.6 Å². The van der Waals surface area contributed by atoms with Gasteiger partial charge in [0.15, 0.2) is 19.3 Å². The molecule has 1 aromatic carbocycles. The monoisotopic (exact) mass is 396 g/mol. The van der Waals surface area contributed by atoms with E-state index in [9.17, 15) is 9.90 Å². The Bertz CT molecular complexity index is 834. The highest BCUT2D eigenvalue weighted by Gasteiger charge is 2.41. The van der Waals surface area contributed by atoms with Gasteiger partial charge in [0.25, 0.3) is 10.7 Å². The quantitative estimate of drug-likeness (QED) is 0.496. The first-order valence-corrected chi connectivity index (χ1v) is 8.85. The fourth-order valence-corrected chi connectivity index (χ4v) is 3.27. The highest BCUT2D eigenvalue weighted by atomic mass is 32.1. The van der Waals surface area contributed by atoms with Crippen LogP contribution in [0.3, 0.4) is 0 Å². The summed E-state index contributed by atoms with van der Waals surface area (Å²) in [5.41, 5.74) is 0. The zero-order valence-corrected chi connectivity index (χ0v) is 15.9. The van der Waals surface area contributed by atoms with E-state index in [-0.39, 0.29) is 17.4 Å². The number of benzene rings is 1. The first-order chi connectivity index (χ1) is 13.0. The minimum atomic E-state index is -0.567. The van der Waals surface area contributed by atoms with E-state index in [2.05, 4.69) is 5.10 Å². The second-order valence-electron chi connectivity index (χ2n) is 6.21. The molecule has 1 aliphatic rings. The average Bonchev–Trinajstić information content (AvgIpc) is 3.22. The molecular weight excluding hydrogens is 374 g/mol. The summed E-state index contributed by atoms with van der Waals surface area (Å²) in [6.45, 7) is 0.815. The second kappa shape index (κ2) is 8.51. The SMILES string of the molecule is COC(=O)[C@@H]1C[C@H](O)C[NH+]1Cn1nc(COc2ccc(OC)cc2)oc1=S. The third kappa shape index (κ3) is 4.65. The minimum Gasteiger partial charge on any atom is -0.497 e. The maximum atomic E-state index is 11.9. The summed E-state index contributed by atoms with van der Waals surface area (Å²) in [6.07, 6.45) is -0.219. The van der Waals surface area contributed by atoms with Gasteiger partial charge >= 0.3 is 5.97 Å². The number of aliphatic hydroxyl groups is 1. The lowest BCUT2D eigenvalue weighted by Gasteiger charge is -2.18. The Morgan fingerprint density at radius 1 is 1.37 bits per heavy atom. The van der Waals surface area contributed by atoms with Gasteiger partial charge in [-0.25, -0.2) is 4.79 Å². The Labute approximate surface area is 161 Å². The number of rotatable bonds is 7. The number of ether oxygens (including phenoxy) is 3. The van der Waals surface area contributed by atoms with Crippen LogP contribution in [0, 0.1) is 4.84 Å². The normalized spacial score (nSPS) is 21.8. The third-order valence-corrected chi connectivity index (χ3v) is 4.70. The summed E-state index contributed by atoms with van der Waals surface area (Å²) in [5.74, 6) is 1.34. The van der Waals surface area contributed by atoms with Gasteiger partial charge in [0.2, 0.25) is 0 Å². The standard InChI is InChI=1S/C17H21N3O6S/c1-23-12-3-5-13(6-4-12)25-9-15-18-20(17(27)26-15)10-19-8-11(21)7-14(19)16(22)24-2/h3-6,11,14,21H,7-10H2,1-2H3/p+1/t11-,14-/m0/s1. The first kappa shape index (κ1) is 19.3. The van der Waals surface area contributed by atoms with Gasteiger partial charge in [0, 0.05) is 6.42 Å². The zero-order chi connectivity index (χ0) is 19.4. The Morgan fingerprint density at radius 2 is 2.07 bits per heavy atom. The molecule has 0 saturated carbocycles. The molecule has 27 heavy (non-hydrogen) atoms. The van der Waals surface area contributed by atoms with Gasteiger partial charge < -0.3 is 28.6 Å². The summed E-state index contributed by atoms with van der Waals surface area (Å²) in [7, 11) is 2.93. The van der Waals surface area contributed by atoms with Crippen molar-refractivity contribution in [1.82, 2.24) is 9.78 Å². The second-order valence-corrected chi connectivity index (χ2v) is 6.56. The van der Waals surface area contributed by atoms with E-state index in [1.54, 1.807) is 31.4 Å². The van der Waals surface area contributed by atoms with Gasteiger partial charge in [-0.15, -0.1) is 5.10 Å². The summed E-state index contributed by atoms with van der Waals surface area (Å²) < 4.78 is 22.5. The maximum Gasteiger partial charge on any atom is 0.364 e. The number of aliphatic hydroxyl groups excluding tert-OH is 1. The van der Waals surface area contributed by atoms with E-state index in [0.29, 0.717) is 31.3 Å². The van der Waals surface area contributed by atoms with Crippen LogP contribution < -0.4 is 14.4 Å². The number of nitrogens with zero attached hydrogens (tertiary/aromatic N) is 2. The van der Waals surface area contributed by atoms with Crippen molar-refractivity contribution >= 4 is 18.2 Å². The fourth-order valence-electron chi connectivity index (χ4n) is 3.06. The molecule has 0 aliphatic carbocycles. The van der Waals surface area contributed by atoms with Crippen LogP contribution in [-0.2, 0) is 22.8 Å². The predicted octanol–water partition coefficient (Wildman–Crippen LogP) is -0.0582. The van der Waals surface area contributed by atoms with Crippen LogP contribution in [-0.4, -0.2) is 53.8 Å². The summed E-state index contributed by atoms with van der Waals surface area (Å²) in [5, 5.41) is 14.2. The molecule has 2 heterocycles. The first-order valence-electron chi connectivity index (χ1n) is 8.44. The molecule has 2 N–H and O–H groups in total. The van der Waals surface area contributed by atoms with Crippen molar-refractivity contribution in [3.63, 3.8) is 0 Å². The Hall–Kier alpha value is -2.43. The molecule has 9 nitrogen and oxygen atoms in total. The molecule has 3 rings (SSSR count). The molecule has 3 atom stereocenters. The molecule has 1 unspecified atom stereocenters. The van der Waals surface area contributed by atoms with Crippen molar-refractivity contribution in [3.05, 3.63) is 35.0 Å². The highest BCUT2D eigenvalue weighted by molar-refractivity contribution is 7.71. The van der Waals surface area contributed by atoms with Crippen LogP contribution in [0.4, 0.5) is 0 Å². The Kier molecular flexibility index (Phi) is 6.09. The lowest BCUT2D eigenvalue weighted by molar-refractivity contribution is -0.928. The lowest BCUT2D eigenvalue weighted by Crippen LogP contribution is -3.14. The topological polar surface area (TPSA) is 100 Å². The molecule has 0 bridgehead atoms. The van der Waals surface area contributed by atoms with Gasteiger partial charge in [-0.1, -0.05) is 0 Å². The zero-order valence-electron chi connectivity index (χ0n) is 15.1. The van der Waals surface area contributed by atoms with Gasteiger partial charge in [-0.05, 0) is 36.5 Å². The molecule has 2 aromatic rings. The number of aromatic nitrogens is 2. The van der Waals surface area contributed by atoms with Crippen LogP contribution in [0.2, 0.25) is 0 Å². The van der Waals surface area contributed by atoms with Crippen LogP contribution in [0.15, 0.2) is 28.7 Å². The third-order valence-electron chi connectivity index (χ3n) is 4.41. The van der Waals surface area contributed by atoms with Crippen LogP contribution in [0.5, 0.6) is 11.5 Å². The minimum absolute atomic E-state index is 0.112. The van der Waals surface area contributed by atoms with Gasteiger partial charge in [0.05, 0.1) is 14.2 Å². The molecule has 1 saturated heterocycles. The number of hydrogen-bond donors (Lipinski definition) is 2. The Balaban J connectivity index is 1.63. The number of carbonyl (C=O) groups is 1. The average molecular weight is 396 g/mol. The van der Waals surface area contributed by atoms with E-state index in [1.165, 1.54) is 11.8 Å². The molecule has 1 aliphatic heterocycles.